The second kappa shape index (κ2) is 9.39. The molecule has 1 aliphatic rings. The first kappa shape index (κ1) is 18.5. The van der Waals surface area contributed by atoms with Gasteiger partial charge in [-0.25, -0.2) is 0 Å². The van der Waals surface area contributed by atoms with Gasteiger partial charge in [0.1, 0.15) is 6.54 Å². The molecule has 2 N–H and O–H groups in total. The first-order valence-electron chi connectivity index (χ1n) is 9.77. The molecule has 0 aromatic heterocycles. The number of unbranched alkanes of at least 4 members (excludes halogenated alkanes) is 1. The fraction of sp³-hybridized carbons (Fsp3) is 0.409. The van der Waals surface area contributed by atoms with Crippen LogP contribution in [0.1, 0.15) is 31.7 Å². The molecule has 0 unspecified atom stereocenters. The average molecular weight is 353 g/mol. The van der Waals surface area contributed by atoms with E-state index in [-0.39, 0.29) is 5.91 Å². The van der Waals surface area contributed by atoms with Crippen molar-refractivity contribution >= 4 is 17.3 Å². The summed E-state index contributed by atoms with van der Waals surface area (Å²) in [4.78, 5) is 15.9. The third kappa shape index (κ3) is 5.33. The van der Waals surface area contributed by atoms with Gasteiger partial charge in [0.15, 0.2) is 0 Å². The quantitative estimate of drug-likeness (QED) is 0.804. The van der Waals surface area contributed by atoms with E-state index in [9.17, 15) is 4.79 Å². The molecule has 26 heavy (non-hydrogen) atoms. The minimum atomic E-state index is 0.109. The SMILES string of the molecule is CCCCC(=O)Nc1ccc(N2CC[NH+](Cc3ccccc3)CC2)cc1. The molecule has 2 aromatic carbocycles. The van der Waals surface area contributed by atoms with Crippen LogP contribution >= 0.6 is 0 Å². The second-order valence-electron chi connectivity index (χ2n) is 7.10. The Bertz CT molecular complexity index is 676. The molecule has 0 saturated carbocycles. The molecule has 1 heterocycles. The van der Waals surface area contributed by atoms with E-state index in [0.717, 1.165) is 51.3 Å². The predicted octanol–water partition coefficient (Wildman–Crippen LogP) is 2.72. The average Bonchev–Trinajstić information content (AvgIpc) is 2.68. The molecule has 0 radical (unpaired) electrons. The number of carbonyl (C=O) groups is 1. The number of benzene rings is 2. The van der Waals surface area contributed by atoms with Crippen molar-refractivity contribution in [3.63, 3.8) is 0 Å². The molecule has 138 valence electrons. The van der Waals surface area contributed by atoms with Crippen LogP contribution < -0.4 is 15.1 Å². The summed E-state index contributed by atoms with van der Waals surface area (Å²) in [5.74, 6) is 0.109. The van der Waals surface area contributed by atoms with Gasteiger partial charge in [0.25, 0.3) is 0 Å². The van der Waals surface area contributed by atoms with E-state index in [1.54, 1.807) is 4.90 Å². The largest absolute Gasteiger partial charge is 0.360 e. The number of nitrogens with zero attached hydrogens (tertiary/aromatic N) is 1. The summed E-state index contributed by atoms with van der Waals surface area (Å²) >= 11 is 0. The Morgan fingerprint density at radius 2 is 1.73 bits per heavy atom. The van der Waals surface area contributed by atoms with Crippen molar-refractivity contribution in [3.8, 4) is 0 Å². The molecular weight excluding hydrogens is 322 g/mol. The van der Waals surface area contributed by atoms with Gasteiger partial charge in [0.05, 0.1) is 26.2 Å². The Labute approximate surface area is 156 Å². The van der Waals surface area contributed by atoms with Crippen LogP contribution in [0.2, 0.25) is 0 Å². The topological polar surface area (TPSA) is 36.8 Å². The van der Waals surface area contributed by atoms with Crippen molar-refractivity contribution in [1.82, 2.24) is 0 Å². The standard InChI is InChI=1S/C22H29N3O/c1-2-3-9-22(26)23-20-10-12-21(13-11-20)25-16-14-24(15-17-25)18-19-7-5-4-6-8-19/h4-8,10-13H,2-3,9,14-18H2,1H3,(H,23,26)/p+1. The smallest absolute Gasteiger partial charge is 0.224 e. The van der Waals surface area contributed by atoms with E-state index in [1.165, 1.54) is 11.3 Å². The third-order valence-corrected chi connectivity index (χ3v) is 5.04. The molecule has 1 aliphatic heterocycles. The Kier molecular flexibility index (Phi) is 6.67. The van der Waals surface area contributed by atoms with Gasteiger partial charge in [-0.2, -0.15) is 0 Å². The summed E-state index contributed by atoms with van der Waals surface area (Å²) < 4.78 is 0. The number of quaternary nitrogens is 1. The Morgan fingerprint density at radius 1 is 1.04 bits per heavy atom. The van der Waals surface area contributed by atoms with Crippen LogP contribution in [0.25, 0.3) is 0 Å². The molecule has 2 aromatic rings. The molecule has 1 saturated heterocycles. The minimum absolute atomic E-state index is 0.109. The molecule has 1 amide bonds. The van der Waals surface area contributed by atoms with Crippen LogP contribution in [-0.4, -0.2) is 32.1 Å². The molecule has 0 bridgehead atoms. The number of piperazine rings is 1. The van der Waals surface area contributed by atoms with Crippen LogP contribution in [0, 0.1) is 0 Å². The lowest BCUT2D eigenvalue weighted by Gasteiger charge is -2.33. The van der Waals surface area contributed by atoms with Gasteiger partial charge in [-0.1, -0.05) is 43.7 Å². The number of amides is 1. The Morgan fingerprint density at radius 3 is 2.38 bits per heavy atom. The van der Waals surface area contributed by atoms with Crippen molar-refractivity contribution in [1.29, 1.82) is 0 Å². The molecular formula is C22H30N3O+. The zero-order chi connectivity index (χ0) is 18.2. The number of hydrogen-bond acceptors (Lipinski definition) is 2. The van der Waals surface area contributed by atoms with Crippen LogP contribution in [0.4, 0.5) is 11.4 Å². The lowest BCUT2D eigenvalue weighted by molar-refractivity contribution is -0.914. The second-order valence-corrected chi connectivity index (χ2v) is 7.10. The first-order valence-corrected chi connectivity index (χ1v) is 9.77. The minimum Gasteiger partial charge on any atom is -0.360 e. The lowest BCUT2D eigenvalue weighted by Crippen LogP contribution is -3.13. The van der Waals surface area contributed by atoms with Crippen molar-refractivity contribution in [2.45, 2.75) is 32.7 Å². The maximum Gasteiger partial charge on any atom is 0.224 e. The molecule has 4 nitrogen and oxygen atoms in total. The van der Waals surface area contributed by atoms with Gasteiger partial charge in [0.2, 0.25) is 5.91 Å². The highest BCUT2D eigenvalue weighted by Gasteiger charge is 2.20. The fourth-order valence-electron chi connectivity index (χ4n) is 3.46. The zero-order valence-electron chi connectivity index (χ0n) is 15.7. The van der Waals surface area contributed by atoms with Crippen molar-refractivity contribution in [2.24, 2.45) is 0 Å². The van der Waals surface area contributed by atoms with Crippen molar-refractivity contribution in [2.75, 3.05) is 36.4 Å². The van der Waals surface area contributed by atoms with E-state index < -0.39 is 0 Å². The molecule has 1 fully saturated rings. The lowest BCUT2D eigenvalue weighted by atomic mass is 10.2. The number of carbonyl (C=O) groups excluding carboxylic acids is 1. The monoisotopic (exact) mass is 352 g/mol. The molecule has 4 heteroatoms. The Hall–Kier alpha value is -2.33. The zero-order valence-corrected chi connectivity index (χ0v) is 15.7. The summed E-state index contributed by atoms with van der Waals surface area (Å²) in [7, 11) is 0. The molecule has 0 atom stereocenters. The van der Waals surface area contributed by atoms with Gasteiger partial charge in [0, 0.05) is 23.4 Å². The van der Waals surface area contributed by atoms with Crippen LogP contribution in [0.15, 0.2) is 54.6 Å². The number of nitrogens with one attached hydrogen (secondary N) is 2. The van der Waals surface area contributed by atoms with E-state index in [2.05, 4.69) is 59.6 Å². The van der Waals surface area contributed by atoms with E-state index >= 15 is 0 Å². The summed E-state index contributed by atoms with van der Waals surface area (Å²) in [5.41, 5.74) is 3.55. The third-order valence-electron chi connectivity index (χ3n) is 5.04. The summed E-state index contributed by atoms with van der Waals surface area (Å²) in [6.45, 7) is 7.67. The molecule has 3 rings (SSSR count). The fourth-order valence-corrected chi connectivity index (χ4v) is 3.46. The molecule has 0 spiro atoms. The van der Waals surface area contributed by atoms with Gasteiger partial charge < -0.3 is 15.1 Å². The van der Waals surface area contributed by atoms with Crippen molar-refractivity contribution < 1.29 is 9.69 Å². The number of rotatable bonds is 7. The number of anilines is 2. The van der Waals surface area contributed by atoms with E-state index in [4.69, 9.17) is 0 Å². The Balaban J connectivity index is 1.47. The highest BCUT2D eigenvalue weighted by Crippen LogP contribution is 2.18. The maximum atomic E-state index is 11.8. The molecule has 0 aliphatic carbocycles. The summed E-state index contributed by atoms with van der Waals surface area (Å²) in [6, 6.07) is 19.0. The van der Waals surface area contributed by atoms with Crippen LogP contribution in [0.5, 0.6) is 0 Å². The van der Waals surface area contributed by atoms with Gasteiger partial charge in [-0.05, 0) is 30.7 Å². The highest BCUT2D eigenvalue weighted by molar-refractivity contribution is 5.90. The highest BCUT2D eigenvalue weighted by atomic mass is 16.1. The van der Waals surface area contributed by atoms with Gasteiger partial charge >= 0.3 is 0 Å². The maximum absolute atomic E-state index is 11.8. The summed E-state index contributed by atoms with van der Waals surface area (Å²) in [6.07, 6.45) is 2.59. The van der Waals surface area contributed by atoms with Crippen molar-refractivity contribution in [3.05, 3.63) is 60.2 Å². The van der Waals surface area contributed by atoms with Gasteiger partial charge in [-0.3, -0.25) is 4.79 Å². The summed E-state index contributed by atoms with van der Waals surface area (Å²) in [5, 5.41) is 2.98. The van der Waals surface area contributed by atoms with Crippen LogP contribution in [0.3, 0.4) is 0 Å². The van der Waals surface area contributed by atoms with Gasteiger partial charge in [-0.15, -0.1) is 0 Å². The normalized spacial score (nSPS) is 15.0. The van der Waals surface area contributed by atoms with E-state index in [0.29, 0.717) is 6.42 Å². The first-order chi connectivity index (χ1) is 12.7. The van der Waals surface area contributed by atoms with E-state index in [1.807, 2.05) is 12.1 Å². The number of hydrogen-bond donors (Lipinski definition) is 2. The van der Waals surface area contributed by atoms with Crippen LogP contribution in [-0.2, 0) is 11.3 Å². The predicted molar refractivity (Wildman–Crippen MR) is 108 cm³/mol.